The highest BCUT2D eigenvalue weighted by Crippen LogP contribution is 2.09. The Balaban J connectivity index is 2.98. The van der Waals surface area contributed by atoms with Crippen molar-refractivity contribution in [1.82, 2.24) is 5.32 Å². The topological polar surface area (TPSA) is 49.3 Å². The summed E-state index contributed by atoms with van der Waals surface area (Å²) in [4.78, 5) is 11.3. The number of aliphatic hydroxyl groups excluding tert-OH is 1. The maximum atomic E-state index is 11.3. The first-order valence-electron chi connectivity index (χ1n) is 3.90. The minimum Gasteiger partial charge on any atom is -0.376 e. The standard InChI is InChI=1S/C10H11NO2/c1-2-8-5-3-4-6-9(8)10(13)11-7-12/h2-6,12H,1,7H2,(H,11,13). The van der Waals surface area contributed by atoms with Gasteiger partial charge in [-0.05, 0) is 11.6 Å². The number of nitrogens with one attached hydrogen (secondary N) is 1. The van der Waals surface area contributed by atoms with Crippen molar-refractivity contribution in [2.24, 2.45) is 0 Å². The Hall–Kier alpha value is -1.61. The maximum Gasteiger partial charge on any atom is 0.253 e. The third-order valence-corrected chi connectivity index (χ3v) is 1.66. The van der Waals surface area contributed by atoms with Gasteiger partial charge in [-0.3, -0.25) is 4.79 Å². The molecule has 1 rings (SSSR count). The van der Waals surface area contributed by atoms with Gasteiger partial charge in [0.15, 0.2) is 0 Å². The number of amides is 1. The summed E-state index contributed by atoms with van der Waals surface area (Å²) in [5.74, 6) is -0.294. The van der Waals surface area contributed by atoms with E-state index >= 15 is 0 Å². The van der Waals surface area contributed by atoms with E-state index in [1.165, 1.54) is 0 Å². The van der Waals surface area contributed by atoms with E-state index in [9.17, 15) is 4.79 Å². The van der Waals surface area contributed by atoms with Crippen molar-refractivity contribution in [1.29, 1.82) is 0 Å². The summed E-state index contributed by atoms with van der Waals surface area (Å²) in [7, 11) is 0. The van der Waals surface area contributed by atoms with E-state index in [2.05, 4.69) is 11.9 Å². The predicted molar refractivity (Wildman–Crippen MR) is 51.1 cm³/mol. The van der Waals surface area contributed by atoms with Crippen molar-refractivity contribution in [2.75, 3.05) is 6.73 Å². The zero-order valence-corrected chi connectivity index (χ0v) is 7.16. The SMILES string of the molecule is C=Cc1ccccc1C(=O)NCO. The van der Waals surface area contributed by atoms with Crippen molar-refractivity contribution in [3.8, 4) is 0 Å². The van der Waals surface area contributed by atoms with Gasteiger partial charge in [-0.25, -0.2) is 0 Å². The molecule has 68 valence electrons. The van der Waals surface area contributed by atoms with Crippen LogP contribution in [0.3, 0.4) is 0 Å². The van der Waals surface area contributed by atoms with Crippen LogP contribution in [-0.2, 0) is 0 Å². The average Bonchev–Trinajstić information content (AvgIpc) is 2.18. The number of aliphatic hydroxyl groups is 1. The van der Waals surface area contributed by atoms with Crippen molar-refractivity contribution < 1.29 is 9.90 Å². The van der Waals surface area contributed by atoms with Gasteiger partial charge in [0, 0.05) is 5.56 Å². The summed E-state index contributed by atoms with van der Waals surface area (Å²) in [5.41, 5.74) is 1.28. The van der Waals surface area contributed by atoms with Crippen molar-refractivity contribution in [2.45, 2.75) is 0 Å². The summed E-state index contributed by atoms with van der Waals surface area (Å²) in [6, 6.07) is 7.06. The lowest BCUT2D eigenvalue weighted by molar-refractivity contribution is 0.0910. The molecule has 0 heterocycles. The first-order chi connectivity index (χ1) is 6.29. The Morgan fingerprint density at radius 1 is 1.54 bits per heavy atom. The predicted octanol–water partition coefficient (Wildman–Crippen LogP) is 1.01. The third kappa shape index (κ3) is 2.16. The molecule has 0 aliphatic carbocycles. The van der Waals surface area contributed by atoms with Crippen LogP contribution >= 0.6 is 0 Å². The number of rotatable bonds is 3. The fourth-order valence-electron chi connectivity index (χ4n) is 1.05. The first-order valence-corrected chi connectivity index (χ1v) is 3.90. The molecule has 0 aliphatic heterocycles. The second-order valence-electron chi connectivity index (χ2n) is 2.46. The molecule has 0 saturated carbocycles. The molecular formula is C10H11NO2. The van der Waals surface area contributed by atoms with E-state index in [1.54, 1.807) is 24.3 Å². The van der Waals surface area contributed by atoms with Crippen molar-refractivity contribution in [3.63, 3.8) is 0 Å². The largest absolute Gasteiger partial charge is 0.376 e. The molecule has 0 atom stereocenters. The molecule has 0 radical (unpaired) electrons. The van der Waals surface area contributed by atoms with Gasteiger partial charge in [0.25, 0.3) is 5.91 Å². The molecule has 0 spiro atoms. The van der Waals surface area contributed by atoms with Gasteiger partial charge < -0.3 is 10.4 Å². The molecule has 0 aromatic heterocycles. The van der Waals surface area contributed by atoms with Crippen LogP contribution in [0.2, 0.25) is 0 Å². The number of hydrogen-bond acceptors (Lipinski definition) is 2. The number of hydrogen-bond donors (Lipinski definition) is 2. The monoisotopic (exact) mass is 177 g/mol. The highest BCUT2D eigenvalue weighted by molar-refractivity contribution is 5.97. The molecule has 1 amide bonds. The normalized spacial score (nSPS) is 9.31. The molecule has 3 heteroatoms. The van der Waals surface area contributed by atoms with Gasteiger partial charge in [-0.1, -0.05) is 30.9 Å². The molecule has 1 aromatic carbocycles. The van der Waals surface area contributed by atoms with Gasteiger partial charge in [-0.15, -0.1) is 0 Å². The molecule has 0 saturated heterocycles. The summed E-state index contributed by atoms with van der Waals surface area (Å²) in [5, 5.41) is 10.8. The van der Waals surface area contributed by atoms with Crippen LogP contribution in [0.5, 0.6) is 0 Å². The van der Waals surface area contributed by atoms with E-state index < -0.39 is 0 Å². The van der Waals surface area contributed by atoms with Crippen LogP contribution in [0.15, 0.2) is 30.8 Å². The highest BCUT2D eigenvalue weighted by atomic mass is 16.3. The Kier molecular flexibility index (Phi) is 3.23. The van der Waals surface area contributed by atoms with Crippen LogP contribution in [0, 0.1) is 0 Å². The lowest BCUT2D eigenvalue weighted by Gasteiger charge is -2.04. The zero-order chi connectivity index (χ0) is 9.68. The highest BCUT2D eigenvalue weighted by Gasteiger charge is 2.06. The fourth-order valence-corrected chi connectivity index (χ4v) is 1.05. The Morgan fingerprint density at radius 3 is 2.85 bits per heavy atom. The van der Waals surface area contributed by atoms with E-state index in [1.807, 2.05) is 6.07 Å². The summed E-state index contributed by atoms with van der Waals surface area (Å²) in [6.07, 6.45) is 1.60. The van der Waals surface area contributed by atoms with Crippen LogP contribution in [0.1, 0.15) is 15.9 Å². The molecule has 2 N–H and O–H groups in total. The zero-order valence-electron chi connectivity index (χ0n) is 7.16. The summed E-state index contributed by atoms with van der Waals surface area (Å²) in [6.45, 7) is 3.23. The van der Waals surface area contributed by atoms with Crippen LogP contribution in [0.25, 0.3) is 6.08 Å². The Labute approximate surface area is 76.7 Å². The lowest BCUT2D eigenvalue weighted by Crippen LogP contribution is -2.24. The van der Waals surface area contributed by atoms with Gasteiger partial charge in [-0.2, -0.15) is 0 Å². The molecule has 13 heavy (non-hydrogen) atoms. The van der Waals surface area contributed by atoms with E-state index in [0.717, 1.165) is 5.56 Å². The third-order valence-electron chi connectivity index (χ3n) is 1.66. The van der Waals surface area contributed by atoms with Crippen LogP contribution < -0.4 is 5.32 Å². The number of benzene rings is 1. The fraction of sp³-hybridized carbons (Fsp3) is 0.100. The van der Waals surface area contributed by atoms with E-state index in [-0.39, 0.29) is 12.6 Å². The number of carbonyl (C=O) groups is 1. The molecule has 3 nitrogen and oxygen atoms in total. The molecule has 0 unspecified atom stereocenters. The Bertz CT molecular complexity index is 320. The average molecular weight is 177 g/mol. The van der Waals surface area contributed by atoms with Gasteiger partial charge >= 0.3 is 0 Å². The molecular weight excluding hydrogens is 166 g/mol. The van der Waals surface area contributed by atoms with Crippen molar-refractivity contribution >= 4 is 12.0 Å². The molecule has 0 aliphatic rings. The smallest absolute Gasteiger partial charge is 0.253 e. The van der Waals surface area contributed by atoms with Gasteiger partial charge in [0.05, 0.1) is 0 Å². The lowest BCUT2D eigenvalue weighted by atomic mass is 10.1. The Morgan fingerprint density at radius 2 is 2.23 bits per heavy atom. The van der Waals surface area contributed by atoms with E-state index in [4.69, 9.17) is 5.11 Å². The number of carbonyl (C=O) groups excluding carboxylic acids is 1. The van der Waals surface area contributed by atoms with Gasteiger partial charge in [0.1, 0.15) is 6.73 Å². The maximum absolute atomic E-state index is 11.3. The molecule has 1 aromatic rings. The second-order valence-corrected chi connectivity index (χ2v) is 2.46. The minimum atomic E-state index is -0.357. The van der Waals surface area contributed by atoms with Crippen molar-refractivity contribution in [3.05, 3.63) is 42.0 Å². The van der Waals surface area contributed by atoms with Gasteiger partial charge in [0.2, 0.25) is 0 Å². The quantitative estimate of drug-likeness (QED) is 0.677. The van der Waals surface area contributed by atoms with E-state index in [0.29, 0.717) is 5.56 Å². The van der Waals surface area contributed by atoms with Crippen LogP contribution in [-0.4, -0.2) is 17.7 Å². The second kappa shape index (κ2) is 4.42. The first kappa shape index (κ1) is 9.48. The summed E-state index contributed by atoms with van der Waals surface area (Å²) < 4.78 is 0. The molecule has 0 fully saturated rings. The summed E-state index contributed by atoms with van der Waals surface area (Å²) >= 11 is 0. The minimum absolute atomic E-state index is 0.294. The van der Waals surface area contributed by atoms with Crippen LogP contribution in [0.4, 0.5) is 0 Å². The molecule has 0 bridgehead atoms.